The summed E-state index contributed by atoms with van der Waals surface area (Å²) in [5.74, 6) is 0.179. The molecule has 0 atom stereocenters. The second-order valence-electron chi connectivity index (χ2n) is 3.27. The van der Waals surface area contributed by atoms with Crippen molar-refractivity contribution in [3.05, 3.63) is 28.2 Å². The normalized spacial score (nSPS) is 10.1. The van der Waals surface area contributed by atoms with Crippen molar-refractivity contribution in [3.8, 4) is 0 Å². The zero-order chi connectivity index (χ0) is 10.6. The van der Waals surface area contributed by atoms with Crippen LogP contribution in [-0.2, 0) is 0 Å². The van der Waals surface area contributed by atoms with Crippen LogP contribution in [0.2, 0.25) is 0 Å². The lowest BCUT2D eigenvalue weighted by Crippen LogP contribution is -2.00. The van der Waals surface area contributed by atoms with Gasteiger partial charge >= 0.3 is 0 Å². The number of ketones is 1. The fraction of sp³-hybridized carbons (Fsp3) is 0.364. The van der Waals surface area contributed by atoms with E-state index in [1.165, 1.54) is 0 Å². The van der Waals surface area contributed by atoms with E-state index in [0.717, 1.165) is 22.9 Å². The maximum atomic E-state index is 11.7. The molecule has 0 amide bonds. The highest BCUT2D eigenvalue weighted by Crippen LogP contribution is 2.21. The number of nitrogen functional groups attached to an aromatic ring is 1. The lowest BCUT2D eigenvalue weighted by Gasteiger charge is -2.03. The van der Waals surface area contributed by atoms with E-state index in [2.05, 4.69) is 22.9 Å². The fourth-order valence-corrected chi connectivity index (χ4v) is 1.85. The maximum absolute atomic E-state index is 11.7. The SMILES string of the molecule is CCCCC(=O)c1ccc(N)cc1Br. The van der Waals surface area contributed by atoms with Gasteiger partial charge in [0, 0.05) is 22.1 Å². The Hall–Kier alpha value is -0.830. The summed E-state index contributed by atoms with van der Waals surface area (Å²) >= 11 is 3.34. The first kappa shape index (κ1) is 11.2. The van der Waals surface area contributed by atoms with Crippen molar-refractivity contribution in [2.24, 2.45) is 0 Å². The number of benzene rings is 1. The van der Waals surface area contributed by atoms with E-state index in [0.29, 0.717) is 12.1 Å². The van der Waals surface area contributed by atoms with Gasteiger partial charge in [-0.2, -0.15) is 0 Å². The molecule has 0 aliphatic rings. The van der Waals surface area contributed by atoms with Gasteiger partial charge in [-0.3, -0.25) is 4.79 Å². The predicted octanol–water partition coefficient (Wildman–Crippen LogP) is 3.40. The van der Waals surface area contributed by atoms with Crippen LogP contribution in [0.3, 0.4) is 0 Å². The van der Waals surface area contributed by atoms with Gasteiger partial charge in [-0.25, -0.2) is 0 Å². The molecule has 1 aromatic carbocycles. The van der Waals surface area contributed by atoms with E-state index in [4.69, 9.17) is 5.73 Å². The van der Waals surface area contributed by atoms with Crippen molar-refractivity contribution < 1.29 is 4.79 Å². The van der Waals surface area contributed by atoms with Gasteiger partial charge in [0.05, 0.1) is 0 Å². The molecule has 14 heavy (non-hydrogen) atoms. The minimum absolute atomic E-state index is 0.179. The summed E-state index contributed by atoms with van der Waals surface area (Å²) in [7, 11) is 0. The molecule has 1 rings (SSSR count). The van der Waals surface area contributed by atoms with E-state index >= 15 is 0 Å². The molecule has 0 unspecified atom stereocenters. The number of carbonyl (C=O) groups excluding carboxylic acids is 1. The number of hydrogen-bond acceptors (Lipinski definition) is 2. The Morgan fingerprint density at radius 3 is 2.79 bits per heavy atom. The first-order chi connectivity index (χ1) is 6.65. The minimum Gasteiger partial charge on any atom is -0.399 e. The van der Waals surface area contributed by atoms with Gasteiger partial charge in [-0.05, 0) is 40.5 Å². The average Bonchev–Trinajstić information content (AvgIpc) is 2.14. The average molecular weight is 256 g/mol. The number of rotatable bonds is 4. The van der Waals surface area contributed by atoms with E-state index < -0.39 is 0 Å². The van der Waals surface area contributed by atoms with Crippen LogP contribution in [0.25, 0.3) is 0 Å². The standard InChI is InChI=1S/C11H14BrNO/c1-2-3-4-11(14)9-6-5-8(13)7-10(9)12/h5-7H,2-4,13H2,1H3. The molecule has 0 aliphatic heterocycles. The first-order valence-corrected chi connectivity index (χ1v) is 5.52. The molecular formula is C11H14BrNO. The molecule has 0 aliphatic carbocycles. The highest BCUT2D eigenvalue weighted by Gasteiger charge is 2.08. The number of anilines is 1. The zero-order valence-corrected chi connectivity index (χ0v) is 9.80. The fourth-order valence-electron chi connectivity index (χ4n) is 1.23. The molecule has 2 N–H and O–H groups in total. The summed E-state index contributed by atoms with van der Waals surface area (Å²) in [6, 6.07) is 5.29. The second-order valence-corrected chi connectivity index (χ2v) is 4.12. The van der Waals surface area contributed by atoms with Crippen molar-refractivity contribution >= 4 is 27.4 Å². The molecule has 3 heteroatoms. The number of Topliss-reactive ketones (excluding diaryl/α,β-unsaturated/α-hetero) is 1. The Kier molecular flexibility index (Phi) is 4.14. The highest BCUT2D eigenvalue weighted by molar-refractivity contribution is 9.10. The monoisotopic (exact) mass is 255 g/mol. The lowest BCUT2D eigenvalue weighted by atomic mass is 10.1. The van der Waals surface area contributed by atoms with Crippen LogP contribution in [0.4, 0.5) is 5.69 Å². The number of unbranched alkanes of at least 4 members (excludes halogenated alkanes) is 1. The van der Waals surface area contributed by atoms with Gasteiger partial charge in [-0.15, -0.1) is 0 Å². The number of nitrogens with two attached hydrogens (primary N) is 1. The number of carbonyl (C=O) groups is 1. The van der Waals surface area contributed by atoms with E-state index in [-0.39, 0.29) is 5.78 Å². The van der Waals surface area contributed by atoms with Crippen LogP contribution >= 0.6 is 15.9 Å². The summed E-state index contributed by atoms with van der Waals surface area (Å²) in [5.41, 5.74) is 6.99. The Labute approximate surface area is 92.6 Å². The molecule has 0 aromatic heterocycles. The largest absolute Gasteiger partial charge is 0.399 e. The van der Waals surface area contributed by atoms with Crippen LogP contribution in [0.1, 0.15) is 36.5 Å². The molecule has 0 heterocycles. The quantitative estimate of drug-likeness (QED) is 0.662. The predicted molar refractivity (Wildman–Crippen MR) is 62.4 cm³/mol. The van der Waals surface area contributed by atoms with Gasteiger partial charge in [-0.1, -0.05) is 13.3 Å². The van der Waals surface area contributed by atoms with Crippen LogP contribution in [-0.4, -0.2) is 5.78 Å². The summed E-state index contributed by atoms with van der Waals surface area (Å²) in [6.45, 7) is 2.07. The summed E-state index contributed by atoms with van der Waals surface area (Å²) < 4.78 is 0.790. The topological polar surface area (TPSA) is 43.1 Å². The van der Waals surface area contributed by atoms with Gasteiger partial charge in [0.15, 0.2) is 5.78 Å². The van der Waals surface area contributed by atoms with Crippen molar-refractivity contribution in [1.82, 2.24) is 0 Å². The Balaban J connectivity index is 2.80. The Morgan fingerprint density at radius 1 is 1.50 bits per heavy atom. The van der Waals surface area contributed by atoms with E-state index in [1.54, 1.807) is 18.2 Å². The third-order valence-corrected chi connectivity index (χ3v) is 2.71. The van der Waals surface area contributed by atoms with Crippen molar-refractivity contribution in [1.29, 1.82) is 0 Å². The first-order valence-electron chi connectivity index (χ1n) is 4.73. The molecule has 0 saturated heterocycles. The van der Waals surface area contributed by atoms with E-state index in [9.17, 15) is 4.79 Å². The van der Waals surface area contributed by atoms with Crippen LogP contribution in [0.15, 0.2) is 22.7 Å². The van der Waals surface area contributed by atoms with Crippen LogP contribution in [0, 0.1) is 0 Å². The van der Waals surface area contributed by atoms with Gasteiger partial charge < -0.3 is 5.73 Å². The molecular weight excluding hydrogens is 242 g/mol. The third kappa shape index (κ3) is 2.84. The molecule has 2 nitrogen and oxygen atoms in total. The van der Waals surface area contributed by atoms with Crippen molar-refractivity contribution in [2.75, 3.05) is 5.73 Å². The number of halogens is 1. The summed E-state index contributed by atoms with van der Waals surface area (Å²) in [6.07, 6.45) is 2.59. The molecule has 76 valence electrons. The minimum atomic E-state index is 0.179. The lowest BCUT2D eigenvalue weighted by molar-refractivity contribution is 0.0979. The molecule has 0 bridgehead atoms. The summed E-state index contributed by atoms with van der Waals surface area (Å²) in [4.78, 5) is 11.7. The third-order valence-electron chi connectivity index (χ3n) is 2.05. The Morgan fingerprint density at radius 2 is 2.21 bits per heavy atom. The van der Waals surface area contributed by atoms with Gasteiger partial charge in [0.2, 0.25) is 0 Å². The van der Waals surface area contributed by atoms with Crippen molar-refractivity contribution in [2.45, 2.75) is 26.2 Å². The molecule has 1 aromatic rings. The molecule has 0 radical (unpaired) electrons. The van der Waals surface area contributed by atoms with E-state index in [1.807, 2.05) is 0 Å². The maximum Gasteiger partial charge on any atom is 0.164 e. The zero-order valence-electron chi connectivity index (χ0n) is 8.22. The highest BCUT2D eigenvalue weighted by atomic mass is 79.9. The molecule has 0 spiro atoms. The van der Waals surface area contributed by atoms with Crippen LogP contribution in [0.5, 0.6) is 0 Å². The number of hydrogen-bond donors (Lipinski definition) is 1. The van der Waals surface area contributed by atoms with Gasteiger partial charge in [0.25, 0.3) is 0 Å². The second kappa shape index (κ2) is 5.15. The summed E-state index contributed by atoms with van der Waals surface area (Å²) in [5, 5.41) is 0. The molecule has 0 saturated carbocycles. The van der Waals surface area contributed by atoms with Crippen LogP contribution < -0.4 is 5.73 Å². The smallest absolute Gasteiger partial charge is 0.164 e. The van der Waals surface area contributed by atoms with Crippen molar-refractivity contribution in [3.63, 3.8) is 0 Å². The Bertz CT molecular complexity index is 336. The molecule has 0 fully saturated rings. The van der Waals surface area contributed by atoms with Gasteiger partial charge in [0.1, 0.15) is 0 Å².